The molecule has 2 amide bonds. The monoisotopic (exact) mass is 735 g/mol. The summed E-state index contributed by atoms with van der Waals surface area (Å²) >= 11 is 0. The van der Waals surface area contributed by atoms with Crippen molar-refractivity contribution < 1.29 is 22.7 Å². The molecule has 1 aromatic heterocycles. The number of para-hydroxylation sites is 2. The van der Waals surface area contributed by atoms with Crippen molar-refractivity contribution in [3.05, 3.63) is 96.1 Å². The van der Waals surface area contributed by atoms with E-state index in [0.717, 1.165) is 25.7 Å². The molecular formula is C42H49N5O5S. The first-order chi connectivity index (χ1) is 25.8. The Labute approximate surface area is 312 Å². The number of ketones is 1. The van der Waals surface area contributed by atoms with Gasteiger partial charge in [0.1, 0.15) is 11.3 Å². The van der Waals surface area contributed by atoms with Crippen molar-refractivity contribution in [3.63, 3.8) is 0 Å². The van der Waals surface area contributed by atoms with Gasteiger partial charge in [0.05, 0.1) is 28.4 Å². The van der Waals surface area contributed by atoms with Gasteiger partial charge in [-0.3, -0.25) is 9.52 Å². The molecule has 10 nitrogen and oxygen atoms in total. The van der Waals surface area contributed by atoms with Crippen LogP contribution in [0.3, 0.4) is 0 Å². The van der Waals surface area contributed by atoms with Crippen LogP contribution in [0.2, 0.25) is 0 Å². The van der Waals surface area contributed by atoms with Gasteiger partial charge in [0.2, 0.25) is 10.0 Å². The molecule has 6 rings (SSSR count). The van der Waals surface area contributed by atoms with E-state index >= 15 is 0 Å². The molecule has 278 valence electrons. The summed E-state index contributed by atoms with van der Waals surface area (Å²) < 4.78 is 35.2. The standard InChI is InChI=1S/C40H43N5O5S.C2H6/c1-3-5-7-8-9-17-24-41-40(47)42-32-26-33(50-27-18-11-10-12-19-27)37-35-34(32)38(46)29-21-14-13-20-28(29)36(35)43-39(44-37)30-22-15-16-23-31(30)45-51(48,49)25-6-4-2;1-2/h10-16,18-23,26,45H,3-9,17,24-25H2,1-2H3,(H2,41,42,47);1-2H3. The lowest BCUT2D eigenvalue weighted by atomic mass is 9.85. The van der Waals surface area contributed by atoms with Gasteiger partial charge in [-0.1, -0.05) is 121 Å². The minimum atomic E-state index is -3.64. The van der Waals surface area contributed by atoms with Crippen LogP contribution in [0.1, 0.15) is 95.0 Å². The van der Waals surface area contributed by atoms with Gasteiger partial charge in [0.15, 0.2) is 17.4 Å². The normalized spacial score (nSPS) is 11.7. The number of amides is 2. The third-order valence-electron chi connectivity index (χ3n) is 8.83. The SMILES string of the molecule is CC.CCCCCCCCNC(=O)Nc1cc(Oc2ccccc2)c2nc(-c3ccccc3NS(=O)(=O)CCCC)nc3c2c1C(=O)c1ccccc1-3. The van der Waals surface area contributed by atoms with Crippen LogP contribution in [0.4, 0.5) is 16.2 Å². The summed E-state index contributed by atoms with van der Waals surface area (Å²) in [5.41, 5.74) is 3.18. The fraction of sp³-hybridized carbons (Fsp3) is 0.333. The molecule has 0 radical (unpaired) electrons. The van der Waals surface area contributed by atoms with E-state index in [1.54, 1.807) is 54.6 Å². The predicted octanol–water partition coefficient (Wildman–Crippen LogP) is 10.4. The summed E-state index contributed by atoms with van der Waals surface area (Å²) in [5, 5.41) is 6.30. The Hall–Kier alpha value is -5.29. The predicted molar refractivity (Wildman–Crippen MR) is 214 cm³/mol. The lowest BCUT2D eigenvalue weighted by molar-refractivity contribution is 0.104. The zero-order chi connectivity index (χ0) is 37.8. The van der Waals surface area contributed by atoms with Gasteiger partial charge in [-0.05, 0) is 37.1 Å². The molecule has 0 fully saturated rings. The Morgan fingerprint density at radius 1 is 0.736 bits per heavy atom. The molecule has 0 bridgehead atoms. The Kier molecular flexibility index (Phi) is 13.6. The van der Waals surface area contributed by atoms with Crippen LogP contribution in [0.15, 0.2) is 84.9 Å². The molecule has 1 aliphatic carbocycles. The van der Waals surface area contributed by atoms with Crippen molar-refractivity contribution in [2.24, 2.45) is 0 Å². The molecule has 1 aliphatic rings. The van der Waals surface area contributed by atoms with Gasteiger partial charge in [0, 0.05) is 34.7 Å². The summed E-state index contributed by atoms with van der Waals surface area (Å²) in [5.74, 6) is 0.777. The molecule has 5 aromatic rings. The maximum Gasteiger partial charge on any atom is 0.319 e. The van der Waals surface area contributed by atoms with Crippen LogP contribution in [-0.2, 0) is 10.0 Å². The second-order valence-corrected chi connectivity index (χ2v) is 14.5. The van der Waals surface area contributed by atoms with Crippen molar-refractivity contribution >= 4 is 44.1 Å². The molecule has 0 unspecified atom stereocenters. The van der Waals surface area contributed by atoms with Crippen molar-refractivity contribution in [1.82, 2.24) is 15.3 Å². The van der Waals surface area contributed by atoms with Crippen LogP contribution in [0.5, 0.6) is 11.5 Å². The highest BCUT2D eigenvalue weighted by Crippen LogP contribution is 2.46. The average Bonchev–Trinajstić information content (AvgIpc) is 3.17. The zero-order valence-corrected chi connectivity index (χ0v) is 31.8. The number of nitrogens with zero attached hydrogens (tertiary/aromatic N) is 2. The van der Waals surface area contributed by atoms with E-state index < -0.39 is 16.1 Å². The topological polar surface area (TPSA) is 139 Å². The fourth-order valence-corrected chi connectivity index (χ4v) is 7.53. The second kappa shape index (κ2) is 18.5. The number of nitrogens with one attached hydrogen (secondary N) is 3. The van der Waals surface area contributed by atoms with E-state index in [1.807, 2.05) is 51.1 Å². The number of hydrogen-bond donors (Lipinski definition) is 3. The number of benzene rings is 4. The summed E-state index contributed by atoms with van der Waals surface area (Å²) in [4.78, 5) is 37.5. The van der Waals surface area contributed by atoms with Crippen LogP contribution in [-0.4, -0.2) is 42.5 Å². The van der Waals surface area contributed by atoms with Gasteiger partial charge < -0.3 is 15.4 Å². The molecule has 0 spiro atoms. The lowest BCUT2D eigenvalue weighted by Crippen LogP contribution is -2.30. The first-order valence-electron chi connectivity index (χ1n) is 18.7. The first-order valence-corrected chi connectivity index (χ1v) is 20.3. The Bertz CT molecular complexity index is 2160. The van der Waals surface area contributed by atoms with Crippen LogP contribution < -0.4 is 20.1 Å². The van der Waals surface area contributed by atoms with E-state index in [0.29, 0.717) is 63.4 Å². The van der Waals surface area contributed by atoms with E-state index in [1.165, 1.54) is 19.3 Å². The lowest BCUT2D eigenvalue weighted by Gasteiger charge is -2.24. The van der Waals surface area contributed by atoms with Gasteiger partial charge in [-0.2, -0.15) is 0 Å². The maximum absolute atomic E-state index is 14.3. The molecular weight excluding hydrogens is 687 g/mol. The Morgan fingerprint density at radius 2 is 1.38 bits per heavy atom. The summed E-state index contributed by atoms with van der Waals surface area (Å²) in [7, 11) is -3.64. The molecule has 0 saturated heterocycles. The molecule has 11 heteroatoms. The van der Waals surface area contributed by atoms with Gasteiger partial charge in [-0.15, -0.1) is 0 Å². The minimum absolute atomic E-state index is 0.0160. The Morgan fingerprint density at radius 3 is 2.11 bits per heavy atom. The van der Waals surface area contributed by atoms with Crippen molar-refractivity contribution in [2.45, 2.75) is 79.1 Å². The molecule has 0 saturated carbocycles. The quantitative estimate of drug-likeness (QED) is 0.0841. The number of sulfonamides is 1. The van der Waals surface area contributed by atoms with Crippen LogP contribution >= 0.6 is 0 Å². The van der Waals surface area contributed by atoms with Gasteiger partial charge in [-0.25, -0.2) is 23.2 Å². The number of rotatable bonds is 16. The highest BCUT2D eigenvalue weighted by atomic mass is 32.2. The van der Waals surface area contributed by atoms with Crippen molar-refractivity contribution in [3.8, 4) is 34.1 Å². The molecule has 3 N–H and O–H groups in total. The number of carbonyl (C=O) groups excluding carboxylic acids is 2. The largest absolute Gasteiger partial charge is 0.455 e. The minimum Gasteiger partial charge on any atom is -0.455 e. The molecule has 0 aliphatic heterocycles. The number of carbonyl (C=O) groups is 2. The fourth-order valence-electron chi connectivity index (χ4n) is 6.24. The maximum atomic E-state index is 14.3. The van der Waals surface area contributed by atoms with Gasteiger partial charge in [0.25, 0.3) is 0 Å². The number of hydrogen-bond acceptors (Lipinski definition) is 7. The zero-order valence-electron chi connectivity index (χ0n) is 31.0. The van der Waals surface area contributed by atoms with E-state index in [-0.39, 0.29) is 28.6 Å². The second-order valence-electron chi connectivity index (χ2n) is 12.7. The molecule has 0 atom stereocenters. The highest BCUT2D eigenvalue weighted by Gasteiger charge is 2.33. The number of aromatic nitrogens is 2. The number of ether oxygens (including phenoxy) is 1. The van der Waals surface area contributed by atoms with E-state index in [2.05, 4.69) is 22.3 Å². The smallest absolute Gasteiger partial charge is 0.319 e. The molecule has 53 heavy (non-hydrogen) atoms. The van der Waals surface area contributed by atoms with Gasteiger partial charge >= 0.3 is 6.03 Å². The molecule has 4 aromatic carbocycles. The number of anilines is 2. The summed E-state index contributed by atoms with van der Waals surface area (Å²) in [6, 6.07) is 24.5. The van der Waals surface area contributed by atoms with Crippen LogP contribution in [0.25, 0.3) is 33.5 Å². The van der Waals surface area contributed by atoms with Crippen molar-refractivity contribution in [1.29, 1.82) is 0 Å². The first kappa shape index (κ1) is 38.9. The average molecular weight is 736 g/mol. The number of fused-ring (bicyclic) bond motifs is 2. The number of urea groups is 1. The Balaban J connectivity index is 0.00000266. The van der Waals surface area contributed by atoms with E-state index in [9.17, 15) is 18.0 Å². The molecule has 1 heterocycles. The van der Waals surface area contributed by atoms with Crippen molar-refractivity contribution in [2.75, 3.05) is 22.3 Å². The third kappa shape index (κ3) is 9.39. The summed E-state index contributed by atoms with van der Waals surface area (Å²) in [6.07, 6.45) is 7.84. The van der Waals surface area contributed by atoms with E-state index in [4.69, 9.17) is 14.7 Å². The highest BCUT2D eigenvalue weighted by molar-refractivity contribution is 7.92. The van der Waals surface area contributed by atoms with Crippen LogP contribution in [0, 0.1) is 0 Å². The number of unbranched alkanes of at least 4 members (excludes halogenated alkanes) is 6. The third-order valence-corrected chi connectivity index (χ3v) is 10.2. The summed E-state index contributed by atoms with van der Waals surface area (Å²) in [6.45, 7) is 8.62.